The number of para-hydroxylation sites is 2. The van der Waals surface area contributed by atoms with Crippen molar-refractivity contribution in [3.63, 3.8) is 0 Å². The third-order valence-corrected chi connectivity index (χ3v) is 6.31. The highest BCUT2D eigenvalue weighted by Gasteiger charge is 2.36. The van der Waals surface area contributed by atoms with Crippen LogP contribution in [0.25, 0.3) is 43.6 Å². The molecule has 2 aromatic heterocycles. The molecule has 6 nitrogen and oxygen atoms in total. The van der Waals surface area contributed by atoms with Crippen LogP contribution in [0.5, 0.6) is 0 Å². The average molecular weight is 394 g/mol. The molecule has 1 amide bonds. The van der Waals surface area contributed by atoms with E-state index in [1.54, 1.807) is 0 Å². The van der Waals surface area contributed by atoms with Crippen LogP contribution in [0.1, 0.15) is 28.6 Å². The third-order valence-electron chi connectivity index (χ3n) is 6.31. The normalized spacial score (nSPS) is 15.9. The number of hydrogen-bond donors (Lipinski definition) is 2. The van der Waals surface area contributed by atoms with E-state index in [-0.39, 0.29) is 5.91 Å². The number of aromatic nitrogens is 2. The summed E-state index contributed by atoms with van der Waals surface area (Å²) in [6, 6.07) is 18.2. The van der Waals surface area contributed by atoms with Crippen molar-refractivity contribution in [2.75, 3.05) is 0 Å². The molecule has 0 spiro atoms. The van der Waals surface area contributed by atoms with Gasteiger partial charge < -0.3 is 19.6 Å². The third kappa shape index (κ3) is 1.92. The summed E-state index contributed by atoms with van der Waals surface area (Å²) in [5, 5.41) is 26.5. The number of fused-ring (bicyclic) bond motifs is 10. The minimum absolute atomic E-state index is 0.255. The molecule has 0 radical (unpaired) electrons. The first-order chi connectivity index (χ1) is 14.6. The number of rotatable bonds is 2. The molecule has 30 heavy (non-hydrogen) atoms. The van der Waals surface area contributed by atoms with Crippen molar-refractivity contribution in [3.8, 4) is 6.07 Å². The first kappa shape index (κ1) is 17.1. The maximum Gasteiger partial charge on any atom is 0.254 e. The highest BCUT2D eigenvalue weighted by atomic mass is 16.3. The number of nitrogens with zero attached hydrogens (tertiary/aromatic N) is 3. The monoisotopic (exact) mass is 394 g/mol. The van der Waals surface area contributed by atoms with E-state index < -0.39 is 6.23 Å². The number of benzene rings is 3. The van der Waals surface area contributed by atoms with E-state index >= 15 is 0 Å². The second-order valence-corrected chi connectivity index (χ2v) is 7.76. The molecule has 6 rings (SSSR count). The van der Waals surface area contributed by atoms with E-state index in [0.29, 0.717) is 24.1 Å². The molecular weight excluding hydrogens is 376 g/mol. The summed E-state index contributed by atoms with van der Waals surface area (Å²) >= 11 is 0. The molecule has 0 fully saturated rings. The van der Waals surface area contributed by atoms with Gasteiger partial charge in [-0.1, -0.05) is 36.4 Å². The summed E-state index contributed by atoms with van der Waals surface area (Å²) in [6.45, 7) is 0.535. The number of nitriles is 1. The number of carbonyl (C=O) groups is 1. The van der Waals surface area contributed by atoms with Gasteiger partial charge in [-0.25, -0.2) is 0 Å². The van der Waals surface area contributed by atoms with Crippen molar-refractivity contribution < 1.29 is 9.90 Å². The van der Waals surface area contributed by atoms with Gasteiger partial charge in [0, 0.05) is 51.7 Å². The van der Waals surface area contributed by atoms with Gasteiger partial charge in [-0.2, -0.15) is 5.26 Å². The zero-order chi connectivity index (χ0) is 20.6. The summed E-state index contributed by atoms with van der Waals surface area (Å²) in [5.74, 6) is -0.255. The second-order valence-electron chi connectivity index (χ2n) is 7.76. The van der Waals surface area contributed by atoms with Gasteiger partial charge >= 0.3 is 0 Å². The molecule has 0 aliphatic carbocycles. The number of carbonyl (C=O) groups excluding carboxylic acids is 1. The van der Waals surface area contributed by atoms with E-state index in [1.165, 1.54) is 0 Å². The van der Waals surface area contributed by atoms with E-state index in [2.05, 4.69) is 20.5 Å². The minimum atomic E-state index is -1.06. The maximum atomic E-state index is 13.0. The summed E-state index contributed by atoms with van der Waals surface area (Å²) in [5.41, 5.74) is 5.09. The first-order valence-electron chi connectivity index (χ1n) is 9.93. The van der Waals surface area contributed by atoms with Crippen LogP contribution in [-0.2, 0) is 13.6 Å². The number of aliphatic hydroxyl groups excluding tert-OH is 1. The molecule has 1 unspecified atom stereocenters. The van der Waals surface area contributed by atoms with Gasteiger partial charge in [-0.05, 0) is 12.1 Å². The smallest absolute Gasteiger partial charge is 0.254 e. The lowest BCUT2D eigenvalue weighted by Crippen LogP contribution is -2.18. The van der Waals surface area contributed by atoms with Crippen LogP contribution in [0.3, 0.4) is 0 Å². The van der Waals surface area contributed by atoms with Crippen LogP contribution in [0.4, 0.5) is 0 Å². The lowest BCUT2D eigenvalue weighted by molar-refractivity contribution is 0.0853. The second kappa shape index (κ2) is 5.85. The van der Waals surface area contributed by atoms with Gasteiger partial charge in [0.2, 0.25) is 0 Å². The predicted octanol–water partition coefficient (Wildman–Crippen LogP) is 4.09. The number of aryl methyl sites for hydroxylation is 2. The SMILES string of the molecule is Cn1c2ccccc2c2c3c(c4c5ccccc5n(CCC#N)c4c21)C(O)NC3=O. The molecular formula is C24H18N4O2. The molecule has 0 bridgehead atoms. The number of nitrogens with one attached hydrogen (secondary N) is 1. The van der Waals surface area contributed by atoms with Crippen LogP contribution in [0.2, 0.25) is 0 Å². The molecule has 1 aliphatic heterocycles. The van der Waals surface area contributed by atoms with Crippen LogP contribution in [-0.4, -0.2) is 20.1 Å². The Morgan fingerprint density at radius 1 is 1.03 bits per heavy atom. The van der Waals surface area contributed by atoms with Gasteiger partial charge in [0.1, 0.15) is 0 Å². The van der Waals surface area contributed by atoms with Gasteiger partial charge in [0.25, 0.3) is 5.91 Å². The molecule has 5 aromatic rings. The van der Waals surface area contributed by atoms with Crippen molar-refractivity contribution in [2.45, 2.75) is 19.2 Å². The fraction of sp³-hybridized carbons (Fsp3) is 0.167. The quantitative estimate of drug-likeness (QED) is 0.473. The lowest BCUT2D eigenvalue weighted by atomic mass is 9.96. The average Bonchev–Trinajstić information content (AvgIpc) is 3.35. The Morgan fingerprint density at radius 2 is 1.70 bits per heavy atom. The van der Waals surface area contributed by atoms with Crippen molar-refractivity contribution in [1.82, 2.24) is 14.5 Å². The summed E-state index contributed by atoms with van der Waals surface area (Å²) < 4.78 is 4.28. The molecule has 3 aromatic carbocycles. The molecule has 0 saturated carbocycles. The molecule has 2 N–H and O–H groups in total. The fourth-order valence-electron chi connectivity index (χ4n) is 5.18. The zero-order valence-electron chi connectivity index (χ0n) is 16.3. The molecule has 1 atom stereocenters. The topological polar surface area (TPSA) is 83.0 Å². The molecule has 6 heteroatoms. The van der Waals surface area contributed by atoms with E-state index in [4.69, 9.17) is 0 Å². The Hall–Kier alpha value is -3.82. The molecule has 0 saturated heterocycles. The van der Waals surface area contributed by atoms with Gasteiger partial charge in [-0.15, -0.1) is 0 Å². The minimum Gasteiger partial charge on any atom is -0.369 e. The highest BCUT2D eigenvalue weighted by molar-refractivity contribution is 6.30. The number of amides is 1. The number of hydrogen-bond acceptors (Lipinski definition) is 3. The Bertz CT molecular complexity index is 1580. The maximum absolute atomic E-state index is 13.0. The Balaban J connectivity index is 2.00. The van der Waals surface area contributed by atoms with Crippen LogP contribution in [0, 0.1) is 11.3 Å². The molecule has 146 valence electrons. The van der Waals surface area contributed by atoms with Crippen molar-refractivity contribution in [2.24, 2.45) is 7.05 Å². The molecule has 1 aliphatic rings. The summed E-state index contributed by atoms with van der Waals surface area (Å²) in [4.78, 5) is 13.0. The zero-order valence-corrected chi connectivity index (χ0v) is 16.3. The fourth-order valence-corrected chi connectivity index (χ4v) is 5.18. The molecule has 3 heterocycles. The van der Waals surface area contributed by atoms with Crippen LogP contribution >= 0.6 is 0 Å². The Morgan fingerprint density at radius 3 is 2.43 bits per heavy atom. The Kier molecular flexibility index (Phi) is 3.33. The lowest BCUT2D eigenvalue weighted by Gasteiger charge is -2.11. The summed E-state index contributed by atoms with van der Waals surface area (Å²) in [6.07, 6.45) is -0.690. The number of aliphatic hydroxyl groups is 1. The Labute approximate surface area is 171 Å². The first-order valence-corrected chi connectivity index (χ1v) is 9.93. The van der Waals surface area contributed by atoms with Gasteiger partial charge in [0.05, 0.1) is 29.1 Å². The summed E-state index contributed by atoms with van der Waals surface area (Å²) in [7, 11) is 2.01. The van der Waals surface area contributed by atoms with Gasteiger partial charge in [0.15, 0.2) is 6.23 Å². The van der Waals surface area contributed by atoms with E-state index in [1.807, 2.05) is 55.6 Å². The standard InChI is InChI=1S/C24H18N4O2/c1-27-15-9-4-2-7-13(15)17-19-20(24(30)26-23(19)29)18-14-8-3-5-10-16(14)28(12-6-11-25)22(18)21(17)27/h2-5,7-10,24,30H,6,12H2,1H3,(H,26,29). The predicted molar refractivity (Wildman–Crippen MR) is 116 cm³/mol. The van der Waals surface area contributed by atoms with Crippen molar-refractivity contribution >= 4 is 49.5 Å². The largest absolute Gasteiger partial charge is 0.369 e. The van der Waals surface area contributed by atoms with E-state index in [9.17, 15) is 15.2 Å². The van der Waals surface area contributed by atoms with Crippen LogP contribution in [0.15, 0.2) is 48.5 Å². The van der Waals surface area contributed by atoms with Crippen molar-refractivity contribution in [3.05, 3.63) is 59.7 Å². The van der Waals surface area contributed by atoms with E-state index in [0.717, 1.165) is 43.6 Å². The highest BCUT2D eigenvalue weighted by Crippen LogP contribution is 2.46. The van der Waals surface area contributed by atoms with Crippen LogP contribution < -0.4 is 5.32 Å². The van der Waals surface area contributed by atoms with Crippen molar-refractivity contribution in [1.29, 1.82) is 5.26 Å². The van der Waals surface area contributed by atoms with Gasteiger partial charge in [-0.3, -0.25) is 4.79 Å².